The highest BCUT2D eigenvalue weighted by molar-refractivity contribution is 6.30. The van der Waals surface area contributed by atoms with Gasteiger partial charge in [0, 0.05) is 22.5 Å². The Morgan fingerprint density at radius 1 is 1.33 bits per heavy atom. The number of carbonyl (C=O) groups is 1. The molecule has 2 rings (SSSR count). The molecule has 0 aromatic heterocycles. The molecule has 2 N–H and O–H groups in total. The average molecular weight is 384 g/mol. The van der Waals surface area contributed by atoms with E-state index in [9.17, 15) is 10.1 Å². The molecule has 6 heteroatoms. The van der Waals surface area contributed by atoms with Crippen molar-refractivity contribution in [2.45, 2.75) is 26.8 Å². The summed E-state index contributed by atoms with van der Waals surface area (Å²) in [5.41, 5.74) is 2.58. The van der Waals surface area contributed by atoms with E-state index in [1.54, 1.807) is 24.3 Å². The van der Waals surface area contributed by atoms with Crippen molar-refractivity contribution in [3.63, 3.8) is 0 Å². The van der Waals surface area contributed by atoms with Crippen LogP contribution in [0, 0.1) is 18.3 Å². The van der Waals surface area contributed by atoms with E-state index in [0.29, 0.717) is 17.3 Å². The van der Waals surface area contributed by atoms with E-state index in [2.05, 4.69) is 10.6 Å². The zero-order chi connectivity index (χ0) is 19.8. The summed E-state index contributed by atoms with van der Waals surface area (Å²) in [6.45, 7) is 6.27. The molecule has 0 saturated carbocycles. The second-order valence-electron chi connectivity index (χ2n) is 5.99. The summed E-state index contributed by atoms with van der Waals surface area (Å²) < 4.78 is 5.64. The SMILES string of the molecule is CCOc1ccc(C)cc1C(C)NC(=O)/C(C#N)=C\Nc1cccc(Cl)c1. The second-order valence-corrected chi connectivity index (χ2v) is 6.43. The summed E-state index contributed by atoms with van der Waals surface area (Å²) in [5.74, 6) is 0.249. The normalized spacial score (nSPS) is 12.0. The molecule has 0 bridgehead atoms. The average Bonchev–Trinajstić information content (AvgIpc) is 2.64. The molecule has 0 saturated heterocycles. The molecule has 1 unspecified atom stereocenters. The molecule has 1 atom stereocenters. The minimum Gasteiger partial charge on any atom is -0.494 e. The van der Waals surface area contributed by atoms with Gasteiger partial charge in [-0.1, -0.05) is 35.4 Å². The van der Waals surface area contributed by atoms with Crippen molar-refractivity contribution in [2.24, 2.45) is 0 Å². The van der Waals surface area contributed by atoms with Gasteiger partial charge < -0.3 is 15.4 Å². The number of hydrogen-bond acceptors (Lipinski definition) is 4. The van der Waals surface area contributed by atoms with Crippen LogP contribution in [0.25, 0.3) is 0 Å². The van der Waals surface area contributed by atoms with Gasteiger partial charge in [0.15, 0.2) is 0 Å². The number of anilines is 1. The zero-order valence-corrected chi connectivity index (χ0v) is 16.3. The number of nitrogens with one attached hydrogen (secondary N) is 2. The monoisotopic (exact) mass is 383 g/mol. The van der Waals surface area contributed by atoms with Crippen LogP contribution in [0.2, 0.25) is 5.02 Å². The number of aryl methyl sites for hydroxylation is 1. The Balaban J connectivity index is 2.13. The first-order valence-corrected chi connectivity index (χ1v) is 8.99. The van der Waals surface area contributed by atoms with Crippen molar-refractivity contribution in [3.05, 3.63) is 70.4 Å². The first-order valence-electron chi connectivity index (χ1n) is 8.61. The van der Waals surface area contributed by atoms with Crippen molar-refractivity contribution < 1.29 is 9.53 Å². The number of hydrogen-bond donors (Lipinski definition) is 2. The minimum absolute atomic E-state index is 0.0348. The smallest absolute Gasteiger partial charge is 0.263 e. The number of rotatable bonds is 7. The third-order valence-corrected chi connectivity index (χ3v) is 4.09. The van der Waals surface area contributed by atoms with Crippen LogP contribution in [0.4, 0.5) is 5.69 Å². The van der Waals surface area contributed by atoms with Crippen LogP contribution in [-0.2, 0) is 4.79 Å². The fourth-order valence-corrected chi connectivity index (χ4v) is 2.72. The summed E-state index contributed by atoms with van der Waals surface area (Å²) in [4.78, 5) is 12.5. The predicted octanol–water partition coefficient (Wildman–Crippen LogP) is 4.74. The van der Waals surface area contributed by atoms with Crippen LogP contribution in [-0.4, -0.2) is 12.5 Å². The predicted molar refractivity (Wildman–Crippen MR) is 108 cm³/mol. The van der Waals surface area contributed by atoms with E-state index in [-0.39, 0.29) is 11.6 Å². The van der Waals surface area contributed by atoms with Crippen LogP contribution >= 0.6 is 11.6 Å². The molecule has 0 aliphatic carbocycles. The van der Waals surface area contributed by atoms with E-state index in [4.69, 9.17) is 16.3 Å². The summed E-state index contributed by atoms with van der Waals surface area (Å²) in [5, 5.41) is 15.7. The van der Waals surface area contributed by atoms with Crippen molar-refractivity contribution in [1.82, 2.24) is 5.32 Å². The Labute approximate surface area is 164 Å². The Bertz CT molecular complexity index is 887. The third-order valence-electron chi connectivity index (χ3n) is 3.85. The lowest BCUT2D eigenvalue weighted by atomic mass is 10.0. The molecule has 0 radical (unpaired) electrons. The Morgan fingerprint density at radius 2 is 2.11 bits per heavy atom. The number of nitrogens with zero attached hydrogens (tertiary/aromatic N) is 1. The van der Waals surface area contributed by atoms with Crippen LogP contribution in [0.1, 0.15) is 31.0 Å². The van der Waals surface area contributed by atoms with Gasteiger partial charge in [-0.3, -0.25) is 4.79 Å². The van der Waals surface area contributed by atoms with Crippen molar-refractivity contribution in [2.75, 3.05) is 11.9 Å². The Morgan fingerprint density at radius 3 is 2.78 bits per heavy atom. The molecular weight excluding hydrogens is 362 g/mol. The second kappa shape index (κ2) is 9.65. The number of halogens is 1. The van der Waals surface area contributed by atoms with E-state index in [1.807, 2.05) is 45.0 Å². The number of benzene rings is 2. The van der Waals surface area contributed by atoms with Gasteiger partial charge in [-0.15, -0.1) is 0 Å². The summed E-state index contributed by atoms with van der Waals surface area (Å²) in [6, 6.07) is 14.4. The largest absolute Gasteiger partial charge is 0.494 e. The number of carbonyl (C=O) groups excluding carboxylic acids is 1. The van der Waals surface area contributed by atoms with Gasteiger partial charge in [-0.05, 0) is 45.0 Å². The van der Waals surface area contributed by atoms with E-state index in [0.717, 1.165) is 16.9 Å². The highest BCUT2D eigenvalue weighted by Crippen LogP contribution is 2.26. The molecule has 2 aromatic carbocycles. The van der Waals surface area contributed by atoms with Gasteiger partial charge in [0.2, 0.25) is 0 Å². The summed E-state index contributed by atoms with van der Waals surface area (Å²) in [7, 11) is 0. The first-order chi connectivity index (χ1) is 12.9. The molecule has 0 aliphatic heterocycles. The number of ether oxygens (including phenoxy) is 1. The molecule has 0 heterocycles. The van der Waals surface area contributed by atoms with E-state index in [1.165, 1.54) is 6.20 Å². The van der Waals surface area contributed by atoms with Gasteiger partial charge in [-0.25, -0.2) is 0 Å². The highest BCUT2D eigenvalue weighted by atomic mass is 35.5. The molecule has 1 amide bonds. The van der Waals surface area contributed by atoms with E-state index >= 15 is 0 Å². The summed E-state index contributed by atoms with van der Waals surface area (Å²) >= 11 is 5.93. The topological polar surface area (TPSA) is 74.1 Å². The molecule has 5 nitrogen and oxygen atoms in total. The molecule has 140 valence electrons. The maximum absolute atomic E-state index is 12.5. The Kier molecular flexibility index (Phi) is 7.27. The molecule has 0 spiro atoms. The van der Waals surface area contributed by atoms with Gasteiger partial charge in [-0.2, -0.15) is 5.26 Å². The van der Waals surface area contributed by atoms with Crippen molar-refractivity contribution in [1.29, 1.82) is 5.26 Å². The van der Waals surface area contributed by atoms with Gasteiger partial charge in [0.1, 0.15) is 17.4 Å². The first kappa shape index (κ1) is 20.3. The van der Waals surface area contributed by atoms with Crippen LogP contribution in [0.5, 0.6) is 5.75 Å². The quantitative estimate of drug-likeness (QED) is 0.534. The van der Waals surface area contributed by atoms with Gasteiger partial charge in [0.25, 0.3) is 5.91 Å². The van der Waals surface area contributed by atoms with Crippen molar-refractivity contribution >= 4 is 23.2 Å². The van der Waals surface area contributed by atoms with Crippen LogP contribution in [0.15, 0.2) is 54.2 Å². The maximum atomic E-state index is 12.5. The lowest BCUT2D eigenvalue weighted by Crippen LogP contribution is -2.28. The third kappa shape index (κ3) is 5.77. The molecule has 0 aliphatic rings. The van der Waals surface area contributed by atoms with Gasteiger partial charge in [0.05, 0.1) is 12.6 Å². The summed E-state index contributed by atoms with van der Waals surface area (Å²) in [6.07, 6.45) is 1.37. The maximum Gasteiger partial charge on any atom is 0.263 e. The van der Waals surface area contributed by atoms with Crippen LogP contribution in [0.3, 0.4) is 0 Å². The van der Waals surface area contributed by atoms with E-state index < -0.39 is 5.91 Å². The Hall–Kier alpha value is -2.97. The molecule has 2 aromatic rings. The van der Waals surface area contributed by atoms with Crippen LogP contribution < -0.4 is 15.4 Å². The number of amides is 1. The fraction of sp³-hybridized carbons (Fsp3) is 0.238. The molecule has 0 fully saturated rings. The minimum atomic E-state index is -0.469. The standard InChI is InChI=1S/C21H22ClN3O2/c1-4-27-20-9-8-14(2)10-19(20)15(3)25-21(26)16(12-23)13-24-18-7-5-6-17(22)11-18/h5-11,13,15,24H,4H2,1-3H3,(H,25,26)/b16-13-. The highest BCUT2D eigenvalue weighted by Gasteiger charge is 2.17. The number of nitriles is 1. The zero-order valence-electron chi connectivity index (χ0n) is 15.5. The van der Waals surface area contributed by atoms with Gasteiger partial charge >= 0.3 is 0 Å². The molecule has 27 heavy (non-hydrogen) atoms. The lowest BCUT2D eigenvalue weighted by molar-refractivity contribution is -0.117. The molecular formula is C21H22ClN3O2. The van der Waals surface area contributed by atoms with Crippen molar-refractivity contribution in [3.8, 4) is 11.8 Å². The fourth-order valence-electron chi connectivity index (χ4n) is 2.53. The lowest BCUT2D eigenvalue weighted by Gasteiger charge is -2.18.